The van der Waals surface area contributed by atoms with Crippen LogP contribution in [0.3, 0.4) is 0 Å². The van der Waals surface area contributed by atoms with E-state index in [1.54, 1.807) is 0 Å². The van der Waals surface area contributed by atoms with Gasteiger partial charge in [0.2, 0.25) is 11.9 Å². The second-order valence-electron chi connectivity index (χ2n) is 3.18. The zero-order valence-corrected chi connectivity index (χ0v) is 8.57. The molecule has 4 N–H and O–H groups in total. The summed E-state index contributed by atoms with van der Waals surface area (Å²) in [6.45, 7) is 0. The summed E-state index contributed by atoms with van der Waals surface area (Å²) in [4.78, 5) is 21.4. The third kappa shape index (κ3) is 2.25. The fraction of sp³-hybridized carbons (Fsp3) is 0. The number of nitrogens with zero attached hydrogens (tertiary/aromatic N) is 4. The Labute approximate surface area is 95.5 Å². The molecule has 8 heteroatoms. The smallest absolute Gasteiger partial charge is 0.269 e. The van der Waals surface area contributed by atoms with Crippen LogP contribution >= 0.6 is 0 Å². The molecule has 0 unspecified atom stereocenters. The molecule has 1 aromatic heterocycles. The standard InChI is InChI=1S/C9H8N6O2/c10-8-12-7(13-9(11)14-8)5-1-3-6(4-2-5)15(16)17/h1-4H,(H4,10,11,12,13,14). The van der Waals surface area contributed by atoms with Gasteiger partial charge in [-0.05, 0) is 12.1 Å². The van der Waals surface area contributed by atoms with E-state index in [4.69, 9.17) is 11.5 Å². The molecule has 8 nitrogen and oxygen atoms in total. The van der Waals surface area contributed by atoms with E-state index in [1.165, 1.54) is 24.3 Å². The third-order valence-corrected chi connectivity index (χ3v) is 2.01. The van der Waals surface area contributed by atoms with E-state index in [0.717, 1.165) is 0 Å². The van der Waals surface area contributed by atoms with Gasteiger partial charge < -0.3 is 11.5 Å². The van der Waals surface area contributed by atoms with Crippen molar-refractivity contribution in [2.75, 3.05) is 11.5 Å². The van der Waals surface area contributed by atoms with Crippen molar-refractivity contribution in [2.45, 2.75) is 0 Å². The second kappa shape index (κ2) is 4.00. The maximum atomic E-state index is 10.5. The van der Waals surface area contributed by atoms with Crippen molar-refractivity contribution in [3.63, 3.8) is 0 Å². The summed E-state index contributed by atoms with van der Waals surface area (Å²) in [6, 6.07) is 5.75. The molecule has 0 aliphatic heterocycles. The molecule has 0 amide bonds. The zero-order chi connectivity index (χ0) is 12.4. The van der Waals surface area contributed by atoms with Crippen LogP contribution < -0.4 is 11.5 Å². The number of anilines is 2. The lowest BCUT2D eigenvalue weighted by Gasteiger charge is -2.01. The van der Waals surface area contributed by atoms with Crippen LogP contribution in [-0.2, 0) is 0 Å². The van der Waals surface area contributed by atoms with E-state index in [-0.39, 0.29) is 23.4 Å². The molecule has 0 aliphatic rings. The lowest BCUT2D eigenvalue weighted by Crippen LogP contribution is -2.04. The molecule has 0 fully saturated rings. The van der Waals surface area contributed by atoms with Gasteiger partial charge in [0.15, 0.2) is 5.82 Å². The van der Waals surface area contributed by atoms with Crippen LogP contribution in [0.1, 0.15) is 0 Å². The number of nitrogens with two attached hydrogens (primary N) is 2. The van der Waals surface area contributed by atoms with Gasteiger partial charge in [0.1, 0.15) is 0 Å². The van der Waals surface area contributed by atoms with E-state index < -0.39 is 4.92 Å². The number of rotatable bonds is 2. The summed E-state index contributed by atoms with van der Waals surface area (Å²) in [7, 11) is 0. The molecule has 17 heavy (non-hydrogen) atoms. The van der Waals surface area contributed by atoms with E-state index >= 15 is 0 Å². The van der Waals surface area contributed by atoms with Gasteiger partial charge >= 0.3 is 0 Å². The molecule has 86 valence electrons. The summed E-state index contributed by atoms with van der Waals surface area (Å²) >= 11 is 0. The maximum absolute atomic E-state index is 10.5. The number of hydrogen-bond donors (Lipinski definition) is 2. The van der Waals surface area contributed by atoms with Crippen LogP contribution in [0.5, 0.6) is 0 Å². The first-order chi connectivity index (χ1) is 8.06. The summed E-state index contributed by atoms with van der Waals surface area (Å²) in [6.07, 6.45) is 0. The van der Waals surface area contributed by atoms with Crippen molar-refractivity contribution >= 4 is 17.6 Å². The average molecular weight is 232 g/mol. The molecule has 0 bridgehead atoms. The minimum Gasteiger partial charge on any atom is -0.368 e. The fourth-order valence-corrected chi connectivity index (χ4v) is 1.27. The molecule has 0 saturated heterocycles. The Balaban J connectivity index is 2.43. The Morgan fingerprint density at radius 1 is 1.00 bits per heavy atom. The van der Waals surface area contributed by atoms with Gasteiger partial charge in [0.05, 0.1) is 4.92 Å². The third-order valence-electron chi connectivity index (χ3n) is 2.01. The van der Waals surface area contributed by atoms with E-state index in [1.807, 2.05) is 0 Å². The highest BCUT2D eigenvalue weighted by molar-refractivity contribution is 5.59. The van der Waals surface area contributed by atoms with Gasteiger partial charge in [-0.3, -0.25) is 10.1 Å². The first-order valence-corrected chi connectivity index (χ1v) is 4.58. The normalized spacial score (nSPS) is 10.1. The predicted octanol–water partition coefficient (Wildman–Crippen LogP) is 0.611. The van der Waals surface area contributed by atoms with Gasteiger partial charge in [0.25, 0.3) is 5.69 Å². The zero-order valence-electron chi connectivity index (χ0n) is 8.57. The van der Waals surface area contributed by atoms with E-state index in [0.29, 0.717) is 5.56 Å². The van der Waals surface area contributed by atoms with Gasteiger partial charge in [-0.2, -0.15) is 15.0 Å². The summed E-state index contributed by atoms with van der Waals surface area (Å²) in [5.41, 5.74) is 11.4. The van der Waals surface area contributed by atoms with Gasteiger partial charge in [-0.1, -0.05) is 0 Å². The van der Waals surface area contributed by atoms with Crippen LogP contribution in [0.25, 0.3) is 11.4 Å². The van der Waals surface area contributed by atoms with Gasteiger partial charge in [-0.25, -0.2) is 0 Å². The highest BCUT2D eigenvalue weighted by atomic mass is 16.6. The van der Waals surface area contributed by atoms with Gasteiger partial charge in [-0.15, -0.1) is 0 Å². The Morgan fingerprint density at radius 2 is 1.53 bits per heavy atom. The molecule has 0 radical (unpaired) electrons. The quantitative estimate of drug-likeness (QED) is 0.572. The fourth-order valence-electron chi connectivity index (χ4n) is 1.27. The Bertz CT molecular complexity index is 548. The SMILES string of the molecule is Nc1nc(N)nc(-c2ccc([N+](=O)[O-])cc2)n1. The van der Waals surface area contributed by atoms with Crippen molar-refractivity contribution in [3.05, 3.63) is 34.4 Å². The number of aromatic nitrogens is 3. The largest absolute Gasteiger partial charge is 0.368 e. The van der Waals surface area contributed by atoms with Crippen LogP contribution in [0.2, 0.25) is 0 Å². The number of nitro benzene ring substituents is 1. The van der Waals surface area contributed by atoms with Crippen molar-refractivity contribution in [2.24, 2.45) is 0 Å². The molecular weight excluding hydrogens is 224 g/mol. The van der Waals surface area contributed by atoms with Crippen molar-refractivity contribution in [3.8, 4) is 11.4 Å². The lowest BCUT2D eigenvalue weighted by molar-refractivity contribution is -0.384. The molecule has 2 rings (SSSR count). The summed E-state index contributed by atoms with van der Waals surface area (Å²) in [5.74, 6) is 0.293. The topological polar surface area (TPSA) is 134 Å². The highest BCUT2D eigenvalue weighted by Crippen LogP contribution is 2.19. The number of non-ortho nitro benzene ring substituents is 1. The number of benzene rings is 1. The van der Waals surface area contributed by atoms with Crippen molar-refractivity contribution in [1.82, 2.24) is 15.0 Å². The van der Waals surface area contributed by atoms with Crippen LogP contribution in [-0.4, -0.2) is 19.9 Å². The minimum absolute atomic E-state index is 0.00542. The average Bonchev–Trinajstić information content (AvgIpc) is 2.28. The Morgan fingerprint density at radius 3 is 2.00 bits per heavy atom. The minimum atomic E-state index is -0.486. The predicted molar refractivity (Wildman–Crippen MR) is 60.7 cm³/mol. The Kier molecular flexibility index (Phi) is 2.53. The van der Waals surface area contributed by atoms with Crippen molar-refractivity contribution in [1.29, 1.82) is 0 Å². The molecule has 1 heterocycles. The van der Waals surface area contributed by atoms with Crippen LogP contribution in [0, 0.1) is 10.1 Å². The number of hydrogen-bond acceptors (Lipinski definition) is 7. The van der Waals surface area contributed by atoms with Crippen LogP contribution in [0.4, 0.5) is 17.6 Å². The number of nitrogen functional groups attached to an aromatic ring is 2. The lowest BCUT2D eigenvalue weighted by atomic mass is 10.2. The molecule has 1 aromatic carbocycles. The molecule has 0 spiro atoms. The maximum Gasteiger partial charge on any atom is 0.269 e. The van der Waals surface area contributed by atoms with E-state index in [9.17, 15) is 10.1 Å². The summed E-state index contributed by atoms with van der Waals surface area (Å²) < 4.78 is 0. The van der Waals surface area contributed by atoms with Crippen molar-refractivity contribution < 1.29 is 4.92 Å². The molecule has 0 atom stereocenters. The van der Waals surface area contributed by atoms with Crippen LogP contribution in [0.15, 0.2) is 24.3 Å². The monoisotopic (exact) mass is 232 g/mol. The molecule has 0 aliphatic carbocycles. The Hall–Kier alpha value is -2.77. The number of nitro groups is 1. The molecule has 0 saturated carbocycles. The molecule has 2 aromatic rings. The second-order valence-corrected chi connectivity index (χ2v) is 3.18. The summed E-state index contributed by atoms with van der Waals surface area (Å²) in [5, 5.41) is 10.5. The van der Waals surface area contributed by atoms with Gasteiger partial charge in [0, 0.05) is 17.7 Å². The molecular formula is C9H8N6O2. The highest BCUT2D eigenvalue weighted by Gasteiger charge is 2.08. The first-order valence-electron chi connectivity index (χ1n) is 4.58. The van der Waals surface area contributed by atoms with E-state index in [2.05, 4.69) is 15.0 Å². The first kappa shape index (κ1) is 10.7.